The van der Waals surface area contributed by atoms with Crippen molar-refractivity contribution in [3.8, 4) is 0 Å². The van der Waals surface area contributed by atoms with Gasteiger partial charge in [-0.2, -0.15) is 0 Å². The Morgan fingerprint density at radius 1 is 1.06 bits per heavy atom. The van der Waals surface area contributed by atoms with Crippen LogP contribution in [0.5, 0.6) is 0 Å². The van der Waals surface area contributed by atoms with E-state index in [1.807, 2.05) is 42.5 Å². The van der Waals surface area contributed by atoms with Crippen LogP contribution in [-0.2, 0) is 23.9 Å². The van der Waals surface area contributed by atoms with Gasteiger partial charge in [-0.3, -0.25) is 9.59 Å². The lowest BCUT2D eigenvalue weighted by Crippen LogP contribution is -2.29. The normalized spacial score (nSPS) is 18.1. The zero-order chi connectivity index (χ0) is 22.7. The lowest BCUT2D eigenvalue weighted by atomic mass is 9.76. The summed E-state index contributed by atoms with van der Waals surface area (Å²) in [5.41, 5.74) is 3.00. The van der Waals surface area contributed by atoms with Gasteiger partial charge in [-0.25, -0.2) is 4.79 Å². The fraction of sp³-hybridized carbons (Fsp3) is 0.269. The van der Waals surface area contributed by atoms with Gasteiger partial charge in [-0.15, -0.1) is 0 Å². The number of ketones is 1. The highest BCUT2D eigenvalue weighted by Crippen LogP contribution is 2.47. The van der Waals surface area contributed by atoms with Gasteiger partial charge in [-0.05, 0) is 31.0 Å². The quantitative estimate of drug-likeness (QED) is 0.692. The molecule has 0 aromatic heterocycles. The van der Waals surface area contributed by atoms with Crippen LogP contribution in [0.3, 0.4) is 0 Å². The number of hydrogen-bond donors (Lipinski definition) is 1. The zero-order valence-corrected chi connectivity index (χ0v) is 18.1. The van der Waals surface area contributed by atoms with Gasteiger partial charge in [0.1, 0.15) is 11.5 Å². The first kappa shape index (κ1) is 21.6. The third-order valence-electron chi connectivity index (χ3n) is 5.55. The number of benzene rings is 2. The van der Waals surface area contributed by atoms with Crippen LogP contribution in [0.25, 0.3) is 5.76 Å². The van der Waals surface area contributed by atoms with Crippen LogP contribution in [0.4, 0.5) is 5.69 Å². The van der Waals surface area contributed by atoms with Crippen LogP contribution in [0.1, 0.15) is 50.2 Å². The molecule has 1 amide bonds. The molecule has 1 heterocycles. The third kappa shape index (κ3) is 4.21. The summed E-state index contributed by atoms with van der Waals surface area (Å²) in [4.78, 5) is 37.6. The molecule has 164 valence electrons. The van der Waals surface area contributed by atoms with Crippen LogP contribution >= 0.6 is 0 Å². The average molecular weight is 431 g/mol. The van der Waals surface area contributed by atoms with Crippen molar-refractivity contribution in [3.05, 3.63) is 82.6 Å². The van der Waals surface area contributed by atoms with Gasteiger partial charge >= 0.3 is 5.97 Å². The van der Waals surface area contributed by atoms with E-state index in [1.54, 1.807) is 19.1 Å². The molecule has 0 unspecified atom stereocenters. The van der Waals surface area contributed by atoms with E-state index in [4.69, 9.17) is 9.47 Å². The molecule has 0 saturated carbocycles. The van der Waals surface area contributed by atoms with Crippen molar-refractivity contribution in [2.75, 3.05) is 11.9 Å². The molecule has 2 aliphatic rings. The number of anilines is 1. The number of carbonyl (C=O) groups excluding carboxylic acids is 3. The van der Waals surface area contributed by atoms with Crippen LogP contribution in [-0.4, -0.2) is 24.3 Å². The molecule has 1 aliphatic carbocycles. The van der Waals surface area contributed by atoms with E-state index in [0.29, 0.717) is 47.6 Å². The molecule has 0 saturated heterocycles. The monoisotopic (exact) mass is 431 g/mol. The van der Waals surface area contributed by atoms with E-state index in [1.165, 1.54) is 6.92 Å². The first-order valence-electron chi connectivity index (χ1n) is 10.8. The lowest BCUT2D eigenvalue weighted by molar-refractivity contribution is -0.138. The number of rotatable bonds is 5. The third-order valence-corrected chi connectivity index (χ3v) is 5.55. The molecule has 1 N–H and O–H groups in total. The summed E-state index contributed by atoms with van der Waals surface area (Å²) >= 11 is 0. The Morgan fingerprint density at radius 2 is 1.78 bits per heavy atom. The SMILES string of the molecule is CCOC(=O)C1=C(c2ccccc2)OC2=C(C(=O)CCC2)[C@H]1c1ccc(NC(C)=O)cc1. The molecule has 6 nitrogen and oxygen atoms in total. The van der Waals surface area contributed by atoms with E-state index < -0.39 is 11.9 Å². The van der Waals surface area contributed by atoms with Gasteiger partial charge in [0.05, 0.1) is 18.1 Å². The van der Waals surface area contributed by atoms with Crippen molar-refractivity contribution < 1.29 is 23.9 Å². The summed E-state index contributed by atoms with van der Waals surface area (Å²) in [5, 5.41) is 2.74. The van der Waals surface area contributed by atoms with Crippen LogP contribution in [0, 0.1) is 0 Å². The first-order valence-corrected chi connectivity index (χ1v) is 10.8. The molecule has 1 atom stereocenters. The van der Waals surface area contributed by atoms with Crippen molar-refractivity contribution in [2.24, 2.45) is 0 Å². The Bertz CT molecular complexity index is 1110. The number of allylic oxidation sites excluding steroid dienone is 2. The Hall–Kier alpha value is -3.67. The highest BCUT2D eigenvalue weighted by molar-refractivity contribution is 6.06. The molecule has 0 bridgehead atoms. The first-order chi connectivity index (χ1) is 15.5. The van der Waals surface area contributed by atoms with E-state index in [9.17, 15) is 14.4 Å². The lowest BCUT2D eigenvalue weighted by Gasteiger charge is -2.34. The fourth-order valence-corrected chi connectivity index (χ4v) is 4.23. The number of Topliss-reactive ketones (excluding diaryl/α,β-unsaturated/α-hetero) is 1. The maximum Gasteiger partial charge on any atom is 0.338 e. The number of hydrogen-bond acceptors (Lipinski definition) is 5. The molecule has 4 rings (SSSR count). The maximum atomic E-state index is 13.2. The van der Waals surface area contributed by atoms with Crippen molar-refractivity contribution in [3.63, 3.8) is 0 Å². The topological polar surface area (TPSA) is 81.7 Å². The molecule has 32 heavy (non-hydrogen) atoms. The van der Waals surface area contributed by atoms with Crippen molar-refractivity contribution in [2.45, 2.75) is 39.0 Å². The summed E-state index contributed by atoms with van der Waals surface area (Å²) in [7, 11) is 0. The number of amides is 1. The highest BCUT2D eigenvalue weighted by atomic mass is 16.5. The van der Waals surface area contributed by atoms with E-state index in [-0.39, 0.29) is 18.3 Å². The van der Waals surface area contributed by atoms with E-state index in [0.717, 1.165) is 11.1 Å². The van der Waals surface area contributed by atoms with E-state index >= 15 is 0 Å². The Balaban J connectivity index is 1.91. The average Bonchev–Trinajstić information content (AvgIpc) is 2.79. The van der Waals surface area contributed by atoms with Crippen molar-refractivity contribution >= 4 is 29.1 Å². The van der Waals surface area contributed by atoms with Crippen LogP contribution < -0.4 is 5.32 Å². The predicted molar refractivity (Wildman–Crippen MR) is 120 cm³/mol. The van der Waals surface area contributed by atoms with Crippen LogP contribution in [0.2, 0.25) is 0 Å². The summed E-state index contributed by atoms with van der Waals surface area (Å²) in [6, 6.07) is 16.6. The van der Waals surface area contributed by atoms with Gasteiger partial charge in [0.25, 0.3) is 0 Å². The number of nitrogens with one attached hydrogen (secondary N) is 1. The molecular formula is C26H25NO5. The number of esters is 1. The molecule has 6 heteroatoms. The standard InChI is InChI=1S/C26H25NO5/c1-3-31-26(30)24-22(17-12-14-19(15-13-17)27-16(2)28)23-20(29)10-7-11-21(23)32-25(24)18-8-5-4-6-9-18/h4-6,8-9,12-15,22H,3,7,10-11H2,1-2H3,(H,27,28)/t22-/m1/s1. The fourth-order valence-electron chi connectivity index (χ4n) is 4.23. The van der Waals surface area contributed by atoms with Gasteiger partial charge in [0, 0.05) is 36.6 Å². The summed E-state index contributed by atoms with van der Waals surface area (Å²) in [6.07, 6.45) is 1.76. The summed E-state index contributed by atoms with van der Waals surface area (Å²) in [6.45, 7) is 3.40. The molecule has 0 spiro atoms. The Morgan fingerprint density at radius 3 is 2.44 bits per heavy atom. The molecule has 0 radical (unpaired) electrons. The smallest absolute Gasteiger partial charge is 0.338 e. The molecule has 1 aliphatic heterocycles. The summed E-state index contributed by atoms with van der Waals surface area (Å²) < 4.78 is 11.6. The van der Waals surface area contributed by atoms with Gasteiger partial charge in [0.2, 0.25) is 5.91 Å². The van der Waals surface area contributed by atoms with E-state index in [2.05, 4.69) is 5.32 Å². The van der Waals surface area contributed by atoms with Gasteiger partial charge in [0.15, 0.2) is 5.78 Å². The van der Waals surface area contributed by atoms with Gasteiger partial charge in [-0.1, -0.05) is 42.5 Å². The minimum Gasteiger partial charge on any atom is -0.463 e. The minimum absolute atomic E-state index is 0.0175. The largest absolute Gasteiger partial charge is 0.463 e. The second kappa shape index (κ2) is 9.22. The number of ether oxygens (including phenoxy) is 2. The molecule has 2 aromatic carbocycles. The summed E-state index contributed by atoms with van der Waals surface area (Å²) in [5.74, 6) is -0.261. The van der Waals surface area contributed by atoms with Crippen LogP contribution in [0.15, 0.2) is 71.5 Å². The Labute approximate surface area is 186 Å². The second-order valence-corrected chi connectivity index (χ2v) is 7.78. The molecule has 0 fully saturated rings. The second-order valence-electron chi connectivity index (χ2n) is 7.78. The van der Waals surface area contributed by atoms with Crippen molar-refractivity contribution in [1.82, 2.24) is 0 Å². The van der Waals surface area contributed by atoms with Crippen molar-refractivity contribution in [1.29, 1.82) is 0 Å². The maximum absolute atomic E-state index is 13.2. The number of carbonyl (C=O) groups is 3. The highest BCUT2D eigenvalue weighted by Gasteiger charge is 2.41. The minimum atomic E-state index is -0.604. The van der Waals surface area contributed by atoms with Gasteiger partial charge < -0.3 is 14.8 Å². The molecule has 2 aromatic rings. The zero-order valence-electron chi connectivity index (χ0n) is 18.1. The molecular weight excluding hydrogens is 406 g/mol. The predicted octanol–water partition coefficient (Wildman–Crippen LogP) is 4.74. The Kier molecular flexibility index (Phi) is 6.21.